The predicted octanol–water partition coefficient (Wildman–Crippen LogP) is 2.61. The molecule has 1 saturated carbocycles. The van der Waals surface area contributed by atoms with Gasteiger partial charge in [0.1, 0.15) is 0 Å². The van der Waals surface area contributed by atoms with Crippen molar-refractivity contribution in [2.45, 2.75) is 51.0 Å². The van der Waals surface area contributed by atoms with Crippen LogP contribution in [0.1, 0.15) is 44.9 Å². The lowest BCUT2D eigenvalue weighted by Crippen LogP contribution is -2.36. The molecule has 2 aliphatic carbocycles. The van der Waals surface area contributed by atoms with Gasteiger partial charge in [-0.15, -0.1) is 0 Å². The summed E-state index contributed by atoms with van der Waals surface area (Å²) >= 11 is 0. The van der Waals surface area contributed by atoms with Gasteiger partial charge in [0, 0.05) is 6.04 Å². The van der Waals surface area contributed by atoms with Crippen LogP contribution in [-0.4, -0.2) is 6.04 Å². The molecule has 12 heavy (non-hydrogen) atoms. The van der Waals surface area contributed by atoms with Crippen LogP contribution in [0.3, 0.4) is 0 Å². The van der Waals surface area contributed by atoms with E-state index in [2.05, 4.69) is 6.08 Å². The molecule has 0 spiro atoms. The molecule has 1 heteroatoms. The van der Waals surface area contributed by atoms with Gasteiger partial charge >= 0.3 is 0 Å². The average molecular weight is 165 g/mol. The zero-order chi connectivity index (χ0) is 8.39. The van der Waals surface area contributed by atoms with E-state index in [1.807, 2.05) is 0 Å². The Morgan fingerprint density at radius 3 is 2.58 bits per heavy atom. The Balaban J connectivity index is 1.92. The molecular weight excluding hydrogens is 146 g/mol. The molecule has 0 aromatic heterocycles. The third-order valence-corrected chi connectivity index (χ3v) is 3.41. The van der Waals surface area contributed by atoms with Crippen molar-refractivity contribution < 1.29 is 0 Å². The highest BCUT2D eigenvalue weighted by atomic mass is 14.7. The van der Waals surface area contributed by atoms with Gasteiger partial charge in [-0.1, -0.05) is 18.1 Å². The quantitative estimate of drug-likeness (QED) is 0.625. The van der Waals surface area contributed by atoms with Gasteiger partial charge in [0.05, 0.1) is 0 Å². The molecule has 2 rings (SSSR count). The first-order valence-electron chi connectivity index (χ1n) is 5.32. The number of allylic oxidation sites excluding steroid dienone is 1. The predicted molar refractivity (Wildman–Crippen MR) is 51.9 cm³/mol. The van der Waals surface area contributed by atoms with Crippen molar-refractivity contribution in [1.29, 1.82) is 0 Å². The minimum absolute atomic E-state index is 0.416. The Bertz CT molecular complexity index is 179. The van der Waals surface area contributed by atoms with Gasteiger partial charge in [-0.2, -0.15) is 0 Å². The molecule has 0 heterocycles. The van der Waals surface area contributed by atoms with E-state index < -0.39 is 0 Å². The number of nitrogens with two attached hydrogens (primary N) is 1. The maximum absolute atomic E-state index is 6.19. The second-order valence-corrected chi connectivity index (χ2v) is 4.24. The Morgan fingerprint density at radius 2 is 2.08 bits per heavy atom. The lowest BCUT2D eigenvalue weighted by Gasteiger charge is -2.33. The van der Waals surface area contributed by atoms with Gasteiger partial charge in [-0.05, 0) is 44.4 Å². The summed E-state index contributed by atoms with van der Waals surface area (Å²) in [6.07, 6.45) is 11.8. The molecule has 1 fully saturated rings. The Kier molecular flexibility index (Phi) is 2.50. The van der Waals surface area contributed by atoms with E-state index in [1.165, 1.54) is 44.9 Å². The molecule has 68 valence electrons. The molecule has 1 atom stereocenters. The number of hydrogen-bond acceptors (Lipinski definition) is 1. The molecule has 0 bridgehead atoms. The van der Waals surface area contributed by atoms with Crippen molar-refractivity contribution in [2.75, 3.05) is 0 Å². The summed E-state index contributed by atoms with van der Waals surface area (Å²) in [5.74, 6) is 0.828. The van der Waals surface area contributed by atoms with Crippen LogP contribution >= 0.6 is 0 Å². The standard InChI is InChI=1S/C11H19N/c12-11(10-7-4-8-10)9-5-2-1-3-6-9/h5,10-11H,1-4,6-8,12H2. The Hall–Kier alpha value is -0.300. The van der Waals surface area contributed by atoms with Crippen molar-refractivity contribution in [1.82, 2.24) is 0 Å². The Morgan fingerprint density at radius 1 is 1.25 bits per heavy atom. The summed E-state index contributed by atoms with van der Waals surface area (Å²) in [5.41, 5.74) is 7.75. The fraction of sp³-hybridized carbons (Fsp3) is 0.818. The maximum atomic E-state index is 6.19. The normalized spacial score (nSPS) is 27.6. The molecular formula is C11H19N. The van der Waals surface area contributed by atoms with Gasteiger partial charge < -0.3 is 5.73 Å². The van der Waals surface area contributed by atoms with Crippen molar-refractivity contribution in [3.05, 3.63) is 11.6 Å². The summed E-state index contributed by atoms with van der Waals surface area (Å²) in [4.78, 5) is 0. The smallest absolute Gasteiger partial charge is 0.0282 e. The summed E-state index contributed by atoms with van der Waals surface area (Å²) in [7, 11) is 0. The molecule has 2 N–H and O–H groups in total. The van der Waals surface area contributed by atoms with Crippen molar-refractivity contribution >= 4 is 0 Å². The van der Waals surface area contributed by atoms with Crippen molar-refractivity contribution in [3.8, 4) is 0 Å². The molecule has 0 radical (unpaired) electrons. The van der Waals surface area contributed by atoms with Crippen LogP contribution < -0.4 is 5.73 Å². The molecule has 1 nitrogen and oxygen atoms in total. The summed E-state index contributed by atoms with van der Waals surface area (Å²) in [6.45, 7) is 0. The summed E-state index contributed by atoms with van der Waals surface area (Å²) in [5, 5.41) is 0. The molecule has 0 aliphatic heterocycles. The van der Waals surface area contributed by atoms with E-state index in [-0.39, 0.29) is 0 Å². The molecule has 1 unspecified atom stereocenters. The molecule has 0 saturated heterocycles. The lowest BCUT2D eigenvalue weighted by molar-refractivity contribution is 0.277. The third-order valence-electron chi connectivity index (χ3n) is 3.41. The largest absolute Gasteiger partial charge is 0.324 e. The fourth-order valence-corrected chi connectivity index (χ4v) is 2.27. The summed E-state index contributed by atoms with van der Waals surface area (Å²) < 4.78 is 0. The SMILES string of the molecule is NC(C1=CCCCC1)C1CCC1. The van der Waals surface area contributed by atoms with Crippen LogP contribution in [0.2, 0.25) is 0 Å². The minimum Gasteiger partial charge on any atom is -0.324 e. The maximum Gasteiger partial charge on any atom is 0.0282 e. The highest BCUT2D eigenvalue weighted by Crippen LogP contribution is 2.34. The first-order valence-corrected chi connectivity index (χ1v) is 5.32. The first-order chi connectivity index (χ1) is 5.88. The topological polar surface area (TPSA) is 26.0 Å². The van der Waals surface area contributed by atoms with Crippen LogP contribution in [0.25, 0.3) is 0 Å². The second-order valence-electron chi connectivity index (χ2n) is 4.24. The van der Waals surface area contributed by atoms with Gasteiger partial charge in [-0.25, -0.2) is 0 Å². The minimum atomic E-state index is 0.416. The van der Waals surface area contributed by atoms with Gasteiger partial charge in [0.25, 0.3) is 0 Å². The third kappa shape index (κ3) is 1.56. The van der Waals surface area contributed by atoms with Crippen molar-refractivity contribution in [3.63, 3.8) is 0 Å². The number of rotatable bonds is 2. The van der Waals surface area contributed by atoms with Crippen molar-refractivity contribution in [2.24, 2.45) is 11.7 Å². The highest BCUT2D eigenvalue weighted by molar-refractivity contribution is 5.14. The van der Waals surface area contributed by atoms with Crippen LogP contribution in [0.5, 0.6) is 0 Å². The van der Waals surface area contributed by atoms with E-state index >= 15 is 0 Å². The lowest BCUT2D eigenvalue weighted by atomic mass is 9.75. The van der Waals surface area contributed by atoms with Gasteiger partial charge in [0.2, 0.25) is 0 Å². The van der Waals surface area contributed by atoms with Crippen LogP contribution in [-0.2, 0) is 0 Å². The molecule has 0 amide bonds. The van der Waals surface area contributed by atoms with Crippen LogP contribution in [0.4, 0.5) is 0 Å². The van der Waals surface area contributed by atoms with Crippen LogP contribution in [0, 0.1) is 5.92 Å². The average Bonchev–Trinajstić information content (AvgIpc) is 2.03. The molecule has 2 aliphatic rings. The van der Waals surface area contributed by atoms with E-state index in [0.29, 0.717) is 6.04 Å². The number of hydrogen-bond donors (Lipinski definition) is 1. The Labute approximate surface area is 75.0 Å². The van der Waals surface area contributed by atoms with Crippen LogP contribution in [0.15, 0.2) is 11.6 Å². The second kappa shape index (κ2) is 3.61. The van der Waals surface area contributed by atoms with Gasteiger partial charge in [-0.3, -0.25) is 0 Å². The van der Waals surface area contributed by atoms with E-state index in [1.54, 1.807) is 5.57 Å². The fourth-order valence-electron chi connectivity index (χ4n) is 2.27. The van der Waals surface area contributed by atoms with Gasteiger partial charge in [0.15, 0.2) is 0 Å². The van der Waals surface area contributed by atoms with E-state index in [9.17, 15) is 0 Å². The summed E-state index contributed by atoms with van der Waals surface area (Å²) in [6, 6.07) is 0.416. The van der Waals surface area contributed by atoms with E-state index in [0.717, 1.165) is 5.92 Å². The van der Waals surface area contributed by atoms with E-state index in [4.69, 9.17) is 5.73 Å². The molecule has 0 aromatic carbocycles. The highest BCUT2D eigenvalue weighted by Gasteiger charge is 2.26. The monoisotopic (exact) mass is 165 g/mol. The first kappa shape index (κ1) is 8.31. The molecule has 0 aromatic rings. The zero-order valence-electron chi connectivity index (χ0n) is 7.76. The zero-order valence-corrected chi connectivity index (χ0v) is 7.76.